The minimum atomic E-state index is -4.33. The third-order valence-corrected chi connectivity index (χ3v) is 13.4. The van der Waals surface area contributed by atoms with Crippen LogP contribution < -0.4 is 10.6 Å². The van der Waals surface area contributed by atoms with E-state index in [0.717, 1.165) is 8.78 Å². The van der Waals surface area contributed by atoms with Crippen LogP contribution in [0.3, 0.4) is 0 Å². The number of nitrogens with zero attached hydrogens (tertiary/aromatic N) is 3. The Bertz CT molecular complexity index is 2480. The summed E-state index contributed by atoms with van der Waals surface area (Å²) in [6.45, 7) is 11.9. The van der Waals surface area contributed by atoms with E-state index >= 15 is 0 Å². The molecule has 2 aliphatic rings. The van der Waals surface area contributed by atoms with Gasteiger partial charge in [-0.25, -0.2) is 31.0 Å². The predicted octanol–water partition coefficient (Wildman–Crippen LogP) is 5.10. The van der Waals surface area contributed by atoms with E-state index in [2.05, 4.69) is 42.2 Å². The number of H-pyrrole nitrogens is 1. The summed E-state index contributed by atoms with van der Waals surface area (Å²) in [5.41, 5.74) is -1.50. The molecule has 0 atom stereocenters. The highest BCUT2D eigenvalue weighted by Crippen LogP contribution is 2.35. The highest BCUT2D eigenvalue weighted by molar-refractivity contribution is 9.10. The second-order valence-corrected chi connectivity index (χ2v) is 20.8. The quantitative estimate of drug-likeness (QED) is 0.198. The summed E-state index contributed by atoms with van der Waals surface area (Å²) < 4.78 is 73.5. The van der Waals surface area contributed by atoms with E-state index in [4.69, 9.17) is 14.2 Å². The molecule has 2 saturated heterocycles. The molecule has 0 spiro atoms. The number of carbonyl (C=O) groups excluding carboxylic acids is 3. The first-order chi connectivity index (χ1) is 26.9. The van der Waals surface area contributed by atoms with Crippen LogP contribution in [0, 0.1) is 0 Å². The molecule has 0 radical (unpaired) electrons. The zero-order valence-electron chi connectivity index (χ0n) is 32.5. The van der Waals surface area contributed by atoms with E-state index in [9.17, 15) is 41.1 Å². The molecule has 2 aromatic carbocycles. The van der Waals surface area contributed by atoms with Crippen LogP contribution in [0.5, 0.6) is 0 Å². The van der Waals surface area contributed by atoms with Gasteiger partial charge in [-0.2, -0.15) is 8.61 Å². The van der Waals surface area contributed by atoms with Gasteiger partial charge < -0.3 is 29.6 Å². The molecular formula is C36H44Br2N6O12S2. The number of hydrogen-bond donors (Lipinski definition) is 4. The standard InChI is InChI=1S/C19H22BrN3O8S.C17H22BrN3O4S/c1-19(2,3)31-17(25)21-16(24)14-15(32(28,29)22-6-8-30-9-7-22)12-10-11(20)4-5-13(12)23(14)18(26)27;1-17(2,3)20-16(22)14-15(12-10-11(18)4-5-13(12)19-14)26(23,24)21-6-8-25-9-7-21/h4-5,10H,6-9H2,1-3H3,(H,26,27)(H,21,24,25);4-5,10,19H,6-9H2,1-3H3,(H,20,22). The molecule has 22 heteroatoms. The van der Waals surface area contributed by atoms with Gasteiger partial charge in [0, 0.05) is 57.0 Å². The molecule has 4 aromatic rings. The van der Waals surface area contributed by atoms with Crippen molar-refractivity contribution in [1.82, 2.24) is 28.8 Å². The largest absolute Gasteiger partial charge is 0.464 e. The number of morpholine rings is 2. The number of alkyl carbamates (subject to hydrolysis) is 1. The maximum absolute atomic E-state index is 13.5. The number of halogens is 2. The van der Waals surface area contributed by atoms with Crippen LogP contribution in [-0.4, -0.2) is 128 Å². The van der Waals surface area contributed by atoms with Crippen LogP contribution in [0.2, 0.25) is 0 Å². The summed E-state index contributed by atoms with van der Waals surface area (Å²) >= 11 is 6.63. The third kappa shape index (κ3) is 10.1. The third-order valence-electron chi connectivity index (χ3n) is 8.47. The summed E-state index contributed by atoms with van der Waals surface area (Å²) in [5.74, 6) is -1.67. The average molecular weight is 977 g/mol. The number of aromatic nitrogens is 2. The van der Waals surface area contributed by atoms with Gasteiger partial charge >= 0.3 is 12.2 Å². The lowest BCUT2D eigenvalue weighted by molar-refractivity contribution is 0.0504. The molecule has 0 unspecified atom stereocenters. The fourth-order valence-corrected chi connectivity index (χ4v) is 10.4. The summed E-state index contributed by atoms with van der Waals surface area (Å²) in [6.07, 6.45) is -2.73. The highest BCUT2D eigenvalue weighted by Gasteiger charge is 2.39. The first-order valence-electron chi connectivity index (χ1n) is 17.8. The van der Waals surface area contributed by atoms with Gasteiger partial charge in [0.2, 0.25) is 20.0 Å². The molecule has 4 N–H and O–H groups in total. The highest BCUT2D eigenvalue weighted by atomic mass is 79.9. The normalized spacial score (nSPS) is 16.1. The first kappa shape index (κ1) is 45.2. The van der Waals surface area contributed by atoms with Gasteiger partial charge in [0.05, 0.1) is 31.9 Å². The number of sulfonamides is 2. The second-order valence-electron chi connectivity index (χ2n) is 15.2. The van der Waals surface area contributed by atoms with Crippen LogP contribution in [0.4, 0.5) is 9.59 Å². The van der Waals surface area contributed by atoms with E-state index in [1.54, 1.807) is 39.0 Å². The molecule has 316 valence electrons. The van der Waals surface area contributed by atoms with Gasteiger partial charge in [-0.15, -0.1) is 0 Å². The van der Waals surface area contributed by atoms with Crippen molar-refractivity contribution in [2.45, 2.75) is 62.5 Å². The number of aromatic amines is 1. The molecular weight excluding hydrogens is 932 g/mol. The smallest absolute Gasteiger partial charge is 0.416 e. The van der Waals surface area contributed by atoms with Crippen molar-refractivity contribution in [3.05, 3.63) is 56.7 Å². The number of amides is 3. The summed E-state index contributed by atoms with van der Waals surface area (Å²) in [6, 6.07) is 9.57. The van der Waals surface area contributed by atoms with Crippen LogP contribution in [0.15, 0.2) is 55.1 Å². The maximum Gasteiger partial charge on any atom is 0.416 e. The molecule has 3 amide bonds. The number of ether oxygens (including phenoxy) is 3. The fraction of sp³-hybridized carbons (Fsp3) is 0.444. The minimum Gasteiger partial charge on any atom is -0.464 e. The van der Waals surface area contributed by atoms with Crippen molar-refractivity contribution in [1.29, 1.82) is 0 Å². The first-order valence-corrected chi connectivity index (χ1v) is 22.3. The van der Waals surface area contributed by atoms with Gasteiger partial charge in [-0.05, 0) is 77.9 Å². The number of carboxylic acid groups (broad SMARTS) is 1. The summed E-state index contributed by atoms with van der Waals surface area (Å²) in [7, 11) is -8.18. The van der Waals surface area contributed by atoms with Crippen LogP contribution in [0.25, 0.3) is 21.8 Å². The van der Waals surface area contributed by atoms with E-state index in [1.807, 2.05) is 26.1 Å². The molecule has 58 heavy (non-hydrogen) atoms. The van der Waals surface area contributed by atoms with Crippen LogP contribution >= 0.6 is 31.9 Å². The zero-order chi connectivity index (χ0) is 43.0. The van der Waals surface area contributed by atoms with Gasteiger partial charge in [0.25, 0.3) is 11.8 Å². The van der Waals surface area contributed by atoms with E-state index in [0.29, 0.717) is 33.2 Å². The van der Waals surface area contributed by atoms with Gasteiger partial charge in [-0.3, -0.25) is 14.9 Å². The Morgan fingerprint density at radius 3 is 1.76 bits per heavy atom. The van der Waals surface area contributed by atoms with Gasteiger partial charge in [0.15, 0.2) is 0 Å². The lowest BCUT2D eigenvalue weighted by Gasteiger charge is -2.26. The molecule has 18 nitrogen and oxygen atoms in total. The van der Waals surface area contributed by atoms with Crippen molar-refractivity contribution in [3.8, 4) is 0 Å². The monoisotopic (exact) mass is 974 g/mol. The van der Waals surface area contributed by atoms with Crippen LogP contribution in [0.1, 0.15) is 62.5 Å². The molecule has 2 aliphatic heterocycles. The van der Waals surface area contributed by atoms with Crippen molar-refractivity contribution >= 4 is 97.7 Å². The molecule has 0 aliphatic carbocycles. The number of hydrogen-bond acceptors (Lipinski definition) is 11. The Kier molecular flexibility index (Phi) is 13.5. The second kappa shape index (κ2) is 17.4. The summed E-state index contributed by atoms with van der Waals surface area (Å²) in [5, 5.41) is 15.1. The number of imide groups is 1. The van der Waals surface area contributed by atoms with Crippen molar-refractivity contribution in [3.63, 3.8) is 0 Å². The minimum absolute atomic E-state index is 0.0115. The molecule has 2 aromatic heterocycles. The topological polar surface area (TPSA) is 236 Å². The Hall–Kier alpha value is -3.90. The predicted molar refractivity (Wildman–Crippen MR) is 219 cm³/mol. The van der Waals surface area contributed by atoms with Crippen molar-refractivity contribution in [2.24, 2.45) is 0 Å². The molecule has 2 fully saturated rings. The van der Waals surface area contributed by atoms with Crippen molar-refractivity contribution < 1.29 is 55.3 Å². The number of rotatable bonds is 6. The molecule has 4 heterocycles. The Morgan fingerprint density at radius 2 is 1.26 bits per heavy atom. The lowest BCUT2D eigenvalue weighted by Crippen LogP contribution is -2.43. The SMILES string of the molecule is CC(C)(C)NC(=O)c1[nH]c2ccc(Br)cc2c1S(=O)(=O)N1CCOCC1.CC(C)(C)OC(=O)NC(=O)c1c(S(=O)(=O)N2CCOCC2)c2cc(Br)ccc2n1C(=O)O. The fourth-order valence-electron chi connectivity index (χ4n) is 6.16. The Labute approximate surface area is 351 Å². The van der Waals surface area contributed by atoms with E-state index in [-0.39, 0.29) is 60.9 Å². The molecule has 6 rings (SSSR count). The van der Waals surface area contributed by atoms with Gasteiger partial charge in [-0.1, -0.05) is 31.9 Å². The lowest BCUT2D eigenvalue weighted by atomic mass is 10.1. The molecule has 0 bridgehead atoms. The van der Waals surface area contributed by atoms with Gasteiger partial charge in [0.1, 0.15) is 26.8 Å². The van der Waals surface area contributed by atoms with E-state index < -0.39 is 65.8 Å². The number of carbonyl (C=O) groups is 4. The average Bonchev–Trinajstić information content (AvgIpc) is 3.68. The summed E-state index contributed by atoms with van der Waals surface area (Å²) in [4.78, 5) is 52.6. The Balaban J connectivity index is 0.000000226. The number of fused-ring (bicyclic) bond motifs is 2. The van der Waals surface area contributed by atoms with E-state index in [1.165, 1.54) is 22.5 Å². The van der Waals surface area contributed by atoms with Crippen molar-refractivity contribution in [2.75, 3.05) is 52.6 Å². The number of nitrogens with one attached hydrogen (secondary N) is 3. The number of benzene rings is 2. The van der Waals surface area contributed by atoms with Crippen LogP contribution in [-0.2, 0) is 34.3 Å². The Morgan fingerprint density at radius 1 is 0.759 bits per heavy atom. The zero-order valence-corrected chi connectivity index (χ0v) is 37.3. The molecule has 0 saturated carbocycles. The maximum atomic E-state index is 13.5.